The summed E-state index contributed by atoms with van der Waals surface area (Å²) < 4.78 is 4.98. The lowest BCUT2D eigenvalue weighted by Gasteiger charge is -2.17. The number of benzene rings is 9. The van der Waals surface area contributed by atoms with Crippen molar-refractivity contribution in [3.63, 3.8) is 0 Å². The van der Waals surface area contributed by atoms with Gasteiger partial charge in [0, 0.05) is 42.1 Å². The molecule has 12 rings (SSSR count). The second-order valence-corrected chi connectivity index (χ2v) is 16.7. The fraction of sp³-hybridized carbons (Fsp3) is 0.0357. The first kappa shape index (κ1) is 34.6. The van der Waals surface area contributed by atoms with Gasteiger partial charge in [0.1, 0.15) is 0 Å². The number of hydrogen-bond donors (Lipinski definition) is 0. The minimum atomic E-state index is 0.727. The zero-order chi connectivity index (χ0) is 39.6. The van der Waals surface area contributed by atoms with Gasteiger partial charge in [-0.1, -0.05) is 158 Å². The lowest BCUT2D eigenvalue weighted by molar-refractivity contribution is 1.09. The topological polar surface area (TPSA) is 29.6 Å². The molecule has 0 fully saturated rings. The Bertz CT molecular complexity index is 3600. The van der Waals surface area contributed by atoms with E-state index >= 15 is 0 Å². The number of thiophene rings is 1. The third-order valence-electron chi connectivity index (χ3n) is 12.1. The quantitative estimate of drug-likeness (QED) is 0.166. The van der Waals surface area contributed by atoms with E-state index in [-0.39, 0.29) is 0 Å². The van der Waals surface area contributed by atoms with Crippen molar-refractivity contribution in [1.82, 2.24) is 4.57 Å². The van der Waals surface area contributed by atoms with Gasteiger partial charge in [0.15, 0.2) is 5.84 Å². The van der Waals surface area contributed by atoms with E-state index < -0.39 is 0 Å². The first-order valence-electron chi connectivity index (χ1n) is 20.6. The average Bonchev–Trinajstić information content (AvgIpc) is 3.84. The van der Waals surface area contributed by atoms with Crippen molar-refractivity contribution < 1.29 is 0 Å². The van der Waals surface area contributed by atoms with E-state index in [0.717, 1.165) is 52.2 Å². The Hall–Kier alpha value is -7.40. The van der Waals surface area contributed by atoms with Gasteiger partial charge in [-0.25, -0.2) is 9.98 Å². The molecule has 0 amide bonds. The van der Waals surface area contributed by atoms with Crippen molar-refractivity contribution in [1.29, 1.82) is 0 Å². The number of allylic oxidation sites excluding steroid dienone is 1. The second-order valence-electron chi connectivity index (χ2n) is 15.6. The van der Waals surface area contributed by atoms with E-state index in [1.165, 1.54) is 75.0 Å². The van der Waals surface area contributed by atoms with E-state index in [1.807, 2.05) is 11.3 Å². The summed E-state index contributed by atoms with van der Waals surface area (Å²) in [7, 11) is 0. The van der Waals surface area contributed by atoms with Crippen molar-refractivity contribution in [3.05, 3.63) is 217 Å². The first-order valence-corrected chi connectivity index (χ1v) is 21.4. The molecule has 0 unspecified atom stereocenters. The molecule has 9 aromatic carbocycles. The predicted octanol–water partition coefficient (Wildman–Crippen LogP) is 15.2. The second kappa shape index (κ2) is 14.2. The molecule has 0 atom stereocenters. The highest BCUT2D eigenvalue weighted by atomic mass is 32.1. The number of rotatable bonds is 5. The van der Waals surface area contributed by atoms with Crippen LogP contribution in [0.15, 0.2) is 210 Å². The third-order valence-corrected chi connectivity index (χ3v) is 13.3. The van der Waals surface area contributed by atoms with Crippen LogP contribution in [0.2, 0.25) is 0 Å². The Morgan fingerprint density at radius 1 is 0.450 bits per heavy atom. The van der Waals surface area contributed by atoms with Gasteiger partial charge in [0.2, 0.25) is 0 Å². The molecule has 0 bridgehead atoms. The highest BCUT2D eigenvalue weighted by Crippen LogP contribution is 2.45. The van der Waals surface area contributed by atoms with Crippen LogP contribution in [0, 0.1) is 0 Å². The molecule has 282 valence electrons. The van der Waals surface area contributed by atoms with Crippen LogP contribution in [0.3, 0.4) is 0 Å². The number of aliphatic imine (C=N–C) groups is 2. The van der Waals surface area contributed by atoms with Gasteiger partial charge in [-0.05, 0) is 93.5 Å². The van der Waals surface area contributed by atoms with E-state index in [4.69, 9.17) is 9.98 Å². The summed E-state index contributed by atoms with van der Waals surface area (Å²) in [6.07, 6.45) is 3.94. The van der Waals surface area contributed by atoms with Crippen LogP contribution in [0.5, 0.6) is 0 Å². The first-order chi connectivity index (χ1) is 29.7. The van der Waals surface area contributed by atoms with Crippen LogP contribution < -0.4 is 0 Å². The van der Waals surface area contributed by atoms with Gasteiger partial charge in [0.25, 0.3) is 0 Å². The molecule has 0 spiro atoms. The summed E-state index contributed by atoms with van der Waals surface area (Å²) in [5, 5.41) is 9.81. The Balaban J connectivity index is 1.09. The normalized spacial score (nSPS) is 16.1. The molecule has 3 nitrogen and oxygen atoms in total. The van der Waals surface area contributed by atoms with E-state index in [0.29, 0.717) is 0 Å². The molecular formula is C56H37N3S. The molecule has 1 aliphatic heterocycles. The van der Waals surface area contributed by atoms with Gasteiger partial charge >= 0.3 is 0 Å². The maximum absolute atomic E-state index is 5.62. The van der Waals surface area contributed by atoms with Crippen molar-refractivity contribution in [2.45, 2.75) is 12.8 Å². The number of amidine groups is 1. The van der Waals surface area contributed by atoms with Gasteiger partial charge in [0.05, 0.1) is 28.1 Å². The Morgan fingerprint density at radius 3 is 2.02 bits per heavy atom. The zero-order valence-corrected chi connectivity index (χ0v) is 33.5. The van der Waals surface area contributed by atoms with Crippen LogP contribution in [0.25, 0.3) is 86.0 Å². The lowest BCUT2D eigenvalue weighted by Crippen LogP contribution is -2.10. The standard InChI is InChI=1S/C56H37N3S/c1-2-15-36(16-3-1)38-21-12-22-41(33-38)48-27-14-28-49(58-56(57-48)44-26-13-20-37-17-6-7-23-42(37)44)45-31-32-51(54-46-25-9-11-30-53(46)60-55(45)54)59-50-29-10-8-24-43(50)47-34-39-18-4-5-19-40(39)35-52(47)59/h1-13,15-26,28-35H,14,27H2/b49-28-,57-48+,58-56-. The van der Waals surface area contributed by atoms with Crippen molar-refractivity contribution in [3.8, 4) is 16.8 Å². The number of hydrogen-bond acceptors (Lipinski definition) is 3. The largest absolute Gasteiger partial charge is 0.309 e. The van der Waals surface area contributed by atoms with Crippen LogP contribution in [-0.4, -0.2) is 16.1 Å². The molecule has 3 heterocycles. The average molecular weight is 784 g/mol. The summed E-state index contributed by atoms with van der Waals surface area (Å²) in [6, 6.07) is 70.1. The van der Waals surface area contributed by atoms with E-state index in [9.17, 15) is 0 Å². The smallest absolute Gasteiger partial charge is 0.160 e. The van der Waals surface area contributed by atoms with Gasteiger partial charge < -0.3 is 4.57 Å². The maximum Gasteiger partial charge on any atom is 0.160 e. The van der Waals surface area contributed by atoms with Gasteiger partial charge in [-0.2, -0.15) is 0 Å². The van der Waals surface area contributed by atoms with Gasteiger partial charge in [-0.15, -0.1) is 11.3 Å². The molecule has 0 radical (unpaired) electrons. The molecule has 0 aliphatic carbocycles. The number of para-hydroxylation sites is 1. The third kappa shape index (κ3) is 5.71. The summed E-state index contributed by atoms with van der Waals surface area (Å²) >= 11 is 1.86. The Labute approximate surface area is 351 Å². The van der Waals surface area contributed by atoms with Crippen LogP contribution in [0.4, 0.5) is 0 Å². The predicted molar refractivity (Wildman–Crippen MR) is 257 cm³/mol. The van der Waals surface area contributed by atoms with Crippen LogP contribution in [-0.2, 0) is 0 Å². The summed E-state index contributed by atoms with van der Waals surface area (Å²) in [5.41, 5.74) is 11.2. The number of aromatic nitrogens is 1. The van der Waals surface area contributed by atoms with Crippen LogP contribution >= 0.6 is 11.3 Å². The minimum Gasteiger partial charge on any atom is -0.309 e. The zero-order valence-electron chi connectivity index (χ0n) is 32.7. The monoisotopic (exact) mass is 783 g/mol. The van der Waals surface area contributed by atoms with Gasteiger partial charge in [-0.3, -0.25) is 0 Å². The minimum absolute atomic E-state index is 0.727. The van der Waals surface area contributed by atoms with Crippen LogP contribution in [0.1, 0.15) is 29.5 Å². The highest BCUT2D eigenvalue weighted by Gasteiger charge is 2.22. The van der Waals surface area contributed by atoms with Crippen molar-refractivity contribution in [2.75, 3.05) is 0 Å². The summed E-state index contributed by atoms with van der Waals surface area (Å²) in [6.45, 7) is 0. The van der Waals surface area contributed by atoms with Crippen molar-refractivity contribution in [2.24, 2.45) is 9.98 Å². The lowest BCUT2D eigenvalue weighted by atomic mass is 9.97. The molecule has 11 aromatic rings. The Kier molecular flexibility index (Phi) is 8.17. The summed E-state index contributed by atoms with van der Waals surface area (Å²) in [5.74, 6) is 0.727. The molecule has 4 heteroatoms. The highest BCUT2D eigenvalue weighted by molar-refractivity contribution is 7.26. The Morgan fingerprint density at radius 2 is 1.13 bits per heavy atom. The molecule has 0 saturated heterocycles. The van der Waals surface area contributed by atoms with E-state index in [1.54, 1.807) is 0 Å². The van der Waals surface area contributed by atoms with Crippen molar-refractivity contribution >= 4 is 92.1 Å². The number of nitrogens with zero attached hydrogens (tertiary/aromatic N) is 3. The maximum atomic E-state index is 5.62. The summed E-state index contributed by atoms with van der Waals surface area (Å²) in [4.78, 5) is 11.2. The fourth-order valence-electron chi connectivity index (χ4n) is 9.26. The molecule has 0 N–H and O–H groups in total. The molecule has 1 aliphatic rings. The fourth-order valence-corrected chi connectivity index (χ4v) is 10.5. The molecule has 60 heavy (non-hydrogen) atoms. The van der Waals surface area contributed by atoms with E-state index in [2.05, 4.69) is 205 Å². The number of fused-ring (bicyclic) bond motifs is 8. The SMILES string of the molecule is C1=C(c2ccc(-n3c4ccccc4c4cc5ccccc5cc43)c3c2sc2ccccc23)/N=C(c2cccc3ccccc23)\N=C(\c2cccc(-c3ccccc3)c2)CC\1. The molecule has 2 aromatic heterocycles. The molecular weight excluding hydrogens is 747 g/mol. The molecule has 0 saturated carbocycles.